The van der Waals surface area contributed by atoms with Gasteiger partial charge in [-0.15, -0.1) is 0 Å². The van der Waals surface area contributed by atoms with E-state index in [1.54, 1.807) is 11.3 Å². The molecule has 0 aliphatic carbocycles. The molecule has 0 saturated carbocycles. The van der Waals surface area contributed by atoms with E-state index in [9.17, 15) is 0 Å². The Kier molecular flexibility index (Phi) is 6.36. The van der Waals surface area contributed by atoms with E-state index in [4.69, 9.17) is 9.98 Å². The maximum atomic E-state index is 5.34. The molecule has 3 nitrogen and oxygen atoms in total. The molecule has 1 aromatic heterocycles. The lowest BCUT2D eigenvalue weighted by Gasteiger charge is -2.33. The van der Waals surface area contributed by atoms with Crippen molar-refractivity contribution < 1.29 is 0 Å². The minimum Gasteiger partial charge on any atom is -0.356 e. The molecule has 0 bridgehead atoms. The molecule has 0 amide bonds. The van der Waals surface area contributed by atoms with E-state index in [0.29, 0.717) is 5.92 Å². The summed E-state index contributed by atoms with van der Waals surface area (Å²) in [6, 6.07) is 29.6. The molecule has 5 rings (SSSR count). The van der Waals surface area contributed by atoms with Crippen LogP contribution >= 0.6 is 11.3 Å². The average molecular weight is 452 g/mol. The number of rotatable bonds is 4. The first-order chi connectivity index (χ1) is 16.2. The number of likely N-dealkylation sites (tertiary alicyclic amines) is 1. The van der Waals surface area contributed by atoms with Crippen LogP contribution in [0.25, 0.3) is 21.8 Å². The van der Waals surface area contributed by atoms with Gasteiger partial charge in [-0.2, -0.15) is 0 Å². The summed E-state index contributed by atoms with van der Waals surface area (Å²) in [5.74, 6) is 1.73. The Balaban J connectivity index is 1.66. The summed E-state index contributed by atoms with van der Waals surface area (Å²) in [4.78, 5) is 12.9. The lowest BCUT2D eigenvalue weighted by atomic mass is 9.99. The number of hydrogen-bond acceptors (Lipinski definition) is 3. The summed E-state index contributed by atoms with van der Waals surface area (Å²) in [5, 5.41) is 1.97. The molecule has 0 N–H and O–H groups in total. The van der Waals surface area contributed by atoms with Crippen LogP contribution in [-0.4, -0.2) is 28.8 Å². The van der Waals surface area contributed by atoms with Crippen LogP contribution in [-0.2, 0) is 0 Å². The van der Waals surface area contributed by atoms with Crippen LogP contribution in [0.15, 0.2) is 89.9 Å². The Morgan fingerprint density at radius 2 is 1.58 bits per heavy atom. The standard InChI is InChI=1S/C29H29N3S/c1-21-15-17-24(18-16-21)27(32-19-9-10-22(2)20-32)31-29-26(23-11-5-3-6-12-23)30-28(33-29)25-13-7-4-8-14-25/h3-8,11-18,22H,9-10,19-20H2,1-2H3/b31-27-/t22-/m0/s1. The maximum absolute atomic E-state index is 5.34. The van der Waals surface area contributed by atoms with E-state index >= 15 is 0 Å². The fraction of sp³-hybridized carbons (Fsp3) is 0.241. The molecule has 1 atom stereocenters. The predicted octanol–water partition coefficient (Wildman–Crippen LogP) is 7.60. The van der Waals surface area contributed by atoms with Crippen LogP contribution in [0.1, 0.15) is 30.9 Å². The molecule has 33 heavy (non-hydrogen) atoms. The van der Waals surface area contributed by atoms with Crippen molar-refractivity contribution in [1.29, 1.82) is 0 Å². The summed E-state index contributed by atoms with van der Waals surface area (Å²) >= 11 is 1.67. The summed E-state index contributed by atoms with van der Waals surface area (Å²) in [6.45, 7) is 6.56. The second-order valence-electron chi connectivity index (χ2n) is 8.90. The normalized spacial score (nSPS) is 16.7. The van der Waals surface area contributed by atoms with Gasteiger partial charge in [-0.1, -0.05) is 109 Å². The van der Waals surface area contributed by atoms with E-state index in [0.717, 1.165) is 45.8 Å². The van der Waals surface area contributed by atoms with Gasteiger partial charge in [0.25, 0.3) is 0 Å². The van der Waals surface area contributed by atoms with Crippen LogP contribution in [0.5, 0.6) is 0 Å². The van der Waals surface area contributed by atoms with E-state index in [-0.39, 0.29) is 0 Å². The molecule has 1 aliphatic heterocycles. The number of hydrogen-bond donors (Lipinski definition) is 0. The lowest BCUT2D eigenvalue weighted by Crippen LogP contribution is -2.39. The van der Waals surface area contributed by atoms with Crippen molar-refractivity contribution in [3.8, 4) is 21.8 Å². The number of amidine groups is 1. The highest BCUT2D eigenvalue weighted by Gasteiger charge is 2.23. The molecule has 166 valence electrons. The first kappa shape index (κ1) is 21.6. The van der Waals surface area contributed by atoms with E-state index in [2.05, 4.69) is 91.5 Å². The van der Waals surface area contributed by atoms with E-state index in [1.807, 2.05) is 12.1 Å². The van der Waals surface area contributed by atoms with Gasteiger partial charge in [0.05, 0.1) is 0 Å². The Bertz CT molecular complexity index is 1230. The average Bonchev–Trinajstić information content (AvgIpc) is 3.28. The number of thiazole rings is 1. The van der Waals surface area contributed by atoms with Crippen LogP contribution in [0.2, 0.25) is 0 Å². The summed E-state index contributed by atoms with van der Waals surface area (Å²) in [7, 11) is 0. The Labute approximate surface area is 200 Å². The Morgan fingerprint density at radius 1 is 0.909 bits per heavy atom. The van der Waals surface area contributed by atoms with Gasteiger partial charge in [0.2, 0.25) is 0 Å². The van der Waals surface area contributed by atoms with Crippen LogP contribution < -0.4 is 0 Å². The van der Waals surface area contributed by atoms with Gasteiger partial charge in [0.1, 0.15) is 21.5 Å². The molecule has 4 aromatic rings. The Hall–Kier alpha value is -3.24. The topological polar surface area (TPSA) is 28.5 Å². The SMILES string of the molecule is Cc1ccc(/C(=N/c2sc(-c3ccccc3)nc2-c2ccccc2)N2CCC[C@H](C)C2)cc1. The molecule has 1 fully saturated rings. The third-order valence-electron chi connectivity index (χ3n) is 6.15. The zero-order valence-electron chi connectivity index (χ0n) is 19.2. The number of aromatic nitrogens is 1. The number of nitrogens with zero attached hydrogens (tertiary/aromatic N) is 3. The van der Waals surface area contributed by atoms with Crippen molar-refractivity contribution in [3.63, 3.8) is 0 Å². The summed E-state index contributed by atoms with van der Waals surface area (Å²) in [5.41, 5.74) is 5.62. The first-order valence-electron chi connectivity index (χ1n) is 11.7. The van der Waals surface area contributed by atoms with Gasteiger partial charge in [0.15, 0.2) is 0 Å². The quantitative estimate of drug-likeness (QED) is 0.236. The summed E-state index contributed by atoms with van der Waals surface area (Å²) < 4.78 is 0. The van der Waals surface area contributed by atoms with Crippen LogP contribution in [0.3, 0.4) is 0 Å². The van der Waals surface area contributed by atoms with Gasteiger partial charge in [-0.3, -0.25) is 0 Å². The molecule has 0 spiro atoms. The molecular formula is C29H29N3S. The molecule has 1 aliphatic rings. The highest BCUT2D eigenvalue weighted by atomic mass is 32.1. The minimum atomic E-state index is 0.671. The van der Waals surface area contributed by atoms with E-state index in [1.165, 1.54) is 24.0 Å². The molecule has 0 radical (unpaired) electrons. The zero-order valence-corrected chi connectivity index (χ0v) is 20.1. The molecular weight excluding hydrogens is 422 g/mol. The molecule has 0 unspecified atom stereocenters. The number of aliphatic imine (C=N–C) groups is 1. The fourth-order valence-corrected chi connectivity index (χ4v) is 5.34. The second kappa shape index (κ2) is 9.72. The third-order valence-corrected chi connectivity index (χ3v) is 7.15. The maximum Gasteiger partial charge on any atom is 0.146 e. The highest BCUT2D eigenvalue weighted by Crippen LogP contribution is 2.40. The van der Waals surface area contributed by atoms with Crippen molar-refractivity contribution in [1.82, 2.24) is 9.88 Å². The number of benzene rings is 3. The predicted molar refractivity (Wildman–Crippen MR) is 140 cm³/mol. The summed E-state index contributed by atoms with van der Waals surface area (Å²) in [6.07, 6.45) is 2.49. The van der Waals surface area contributed by atoms with Gasteiger partial charge in [0, 0.05) is 29.8 Å². The van der Waals surface area contributed by atoms with Gasteiger partial charge in [-0.25, -0.2) is 9.98 Å². The highest BCUT2D eigenvalue weighted by molar-refractivity contribution is 7.19. The monoisotopic (exact) mass is 451 g/mol. The van der Waals surface area contributed by atoms with Gasteiger partial charge >= 0.3 is 0 Å². The third kappa shape index (κ3) is 4.91. The number of aryl methyl sites for hydroxylation is 1. The fourth-order valence-electron chi connectivity index (χ4n) is 4.37. The van der Waals surface area contributed by atoms with Crippen molar-refractivity contribution in [2.75, 3.05) is 13.1 Å². The minimum absolute atomic E-state index is 0.671. The molecule has 4 heteroatoms. The van der Waals surface area contributed by atoms with Gasteiger partial charge < -0.3 is 4.90 Å². The lowest BCUT2D eigenvalue weighted by molar-refractivity contribution is 0.274. The van der Waals surface area contributed by atoms with Crippen molar-refractivity contribution in [3.05, 3.63) is 96.1 Å². The van der Waals surface area contributed by atoms with E-state index < -0.39 is 0 Å². The Morgan fingerprint density at radius 3 is 2.24 bits per heavy atom. The van der Waals surface area contributed by atoms with Gasteiger partial charge in [-0.05, 0) is 25.7 Å². The molecule has 1 saturated heterocycles. The smallest absolute Gasteiger partial charge is 0.146 e. The molecule has 3 aromatic carbocycles. The number of piperidine rings is 1. The van der Waals surface area contributed by atoms with Crippen LogP contribution in [0.4, 0.5) is 5.00 Å². The second-order valence-corrected chi connectivity index (χ2v) is 9.88. The van der Waals surface area contributed by atoms with Crippen molar-refractivity contribution in [2.24, 2.45) is 10.9 Å². The van der Waals surface area contributed by atoms with Crippen LogP contribution in [0, 0.1) is 12.8 Å². The first-order valence-corrected chi connectivity index (χ1v) is 12.5. The largest absolute Gasteiger partial charge is 0.356 e. The van der Waals surface area contributed by atoms with Crippen molar-refractivity contribution in [2.45, 2.75) is 26.7 Å². The molecule has 2 heterocycles. The zero-order chi connectivity index (χ0) is 22.6. The van der Waals surface area contributed by atoms with Crippen molar-refractivity contribution >= 4 is 22.2 Å².